The van der Waals surface area contributed by atoms with E-state index in [1.165, 1.54) is 16.5 Å². The van der Waals surface area contributed by atoms with Crippen molar-refractivity contribution in [1.29, 1.82) is 0 Å². The van der Waals surface area contributed by atoms with Gasteiger partial charge >= 0.3 is 0 Å². The molecule has 2 aromatic rings. The first-order valence-electron chi connectivity index (χ1n) is 6.62. The van der Waals surface area contributed by atoms with E-state index in [0.717, 1.165) is 24.1 Å². The van der Waals surface area contributed by atoms with Crippen LogP contribution < -0.4 is 5.73 Å². The molecule has 1 aromatic carbocycles. The number of aromatic nitrogens is 2. The molecule has 4 nitrogen and oxygen atoms in total. The summed E-state index contributed by atoms with van der Waals surface area (Å²) in [5.41, 5.74) is 8.34. The Kier molecular flexibility index (Phi) is 3.37. The molecule has 1 aliphatic rings. The zero-order valence-electron chi connectivity index (χ0n) is 11.3. The third-order valence-corrected chi connectivity index (χ3v) is 4.77. The van der Waals surface area contributed by atoms with Crippen molar-refractivity contribution in [3.05, 3.63) is 28.4 Å². The maximum atomic E-state index is 5.81. The van der Waals surface area contributed by atoms with Crippen LogP contribution in [0.5, 0.6) is 0 Å². The van der Waals surface area contributed by atoms with E-state index in [0.29, 0.717) is 12.0 Å². The number of likely N-dealkylation sites (tertiary alicyclic amines) is 1. The third-order valence-electron chi connectivity index (χ3n) is 4.18. The summed E-state index contributed by atoms with van der Waals surface area (Å²) in [6.07, 6.45) is 1.15. The van der Waals surface area contributed by atoms with Crippen molar-refractivity contribution in [2.75, 3.05) is 20.1 Å². The number of fused-ring (bicyclic) bond motifs is 1. The second-order valence-electron chi connectivity index (χ2n) is 5.48. The highest BCUT2D eigenvalue weighted by molar-refractivity contribution is 9.10. The van der Waals surface area contributed by atoms with Crippen molar-refractivity contribution in [2.45, 2.75) is 12.5 Å². The summed E-state index contributed by atoms with van der Waals surface area (Å²) >= 11 is 3.50. The Labute approximate surface area is 121 Å². The van der Waals surface area contributed by atoms with Crippen molar-refractivity contribution in [3.63, 3.8) is 0 Å². The number of aryl methyl sites for hydroxylation is 1. The maximum Gasteiger partial charge on any atom is 0.135 e. The molecule has 1 aromatic heterocycles. The van der Waals surface area contributed by atoms with Crippen LogP contribution in [0.2, 0.25) is 0 Å². The Hall–Kier alpha value is -0.910. The summed E-state index contributed by atoms with van der Waals surface area (Å²) in [5, 5.41) is 5.58. The molecule has 102 valence electrons. The molecule has 1 aliphatic heterocycles. The smallest absolute Gasteiger partial charge is 0.135 e. The lowest BCUT2D eigenvalue weighted by molar-refractivity contribution is 0.314. The van der Waals surface area contributed by atoms with Gasteiger partial charge in [-0.1, -0.05) is 6.07 Å². The van der Waals surface area contributed by atoms with Crippen molar-refractivity contribution in [1.82, 2.24) is 14.7 Å². The summed E-state index contributed by atoms with van der Waals surface area (Å²) in [6, 6.07) is 7.11. The summed E-state index contributed by atoms with van der Waals surface area (Å²) < 4.78 is 2.84. The Morgan fingerprint density at radius 2 is 2.21 bits per heavy atom. The zero-order chi connectivity index (χ0) is 13.6. The summed E-state index contributed by atoms with van der Waals surface area (Å²) in [7, 11) is 4.17. The van der Waals surface area contributed by atoms with Gasteiger partial charge in [0.25, 0.3) is 0 Å². The third kappa shape index (κ3) is 2.20. The highest BCUT2D eigenvalue weighted by Crippen LogP contribution is 2.35. The van der Waals surface area contributed by atoms with Gasteiger partial charge in [0, 0.05) is 25.0 Å². The van der Waals surface area contributed by atoms with Crippen LogP contribution in [0, 0.1) is 5.92 Å². The molecular formula is C14H19BrN4. The number of halogens is 1. The average Bonchev–Trinajstić information content (AvgIpc) is 2.91. The molecule has 0 amide bonds. The van der Waals surface area contributed by atoms with E-state index in [9.17, 15) is 0 Å². The van der Waals surface area contributed by atoms with Gasteiger partial charge in [0.2, 0.25) is 0 Å². The molecule has 0 saturated carbocycles. The molecule has 1 saturated heterocycles. The number of hydrogen-bond acceptors (Lipinski definition) is 3. The van der Waals surface area contributed by atoms with Crippen LogP contribution in [0.3, 0.4) is 0 Å². The summed E-state index contributed by atoms with van der Waals surface area (Å²) in [4.78, 5) is 2.41. The van der Waals surface area contributed by atoms with Crippen LogP contribution in [-0.2, 0) is 7.05 Å². The zero-order valence-corrected chi connectivity index (χ0v) is 12.9. The molecular weight excluding hydrogens is 304 g/mol. The molecule has 2 unspecified atom stereocenters. The Balaban J connectivity index is 1.99. The maximum absolute atomic E-state index is 5.81. The van der Waals surface area contributed by atoms with E-state index < -0.39 is 0 Å². The van der Waals surface area contributed by atoms with E-state index in [1.54, 1.807) is 0 Å². The minimum absolute atomic E-state index is 0.478. The lowest BCUT2D eigenvalue weighted by Gasteiger charge is -2.19. The first-order chi connectivity index (χ1) is 9.10. The Bertz CT molecular complexity index is 607. The number of hydrogen-bond donors (Lipinski definition) is 1. The molecule has 0 spiro atoms. The number of rotatable bonds is 2. The van der Waals surface area contributed by atoms with E-state index in [1.807, 2.05) is 11.7 Å². The van der Waals surface area contributed by atoms with Gasteiger partial charge in [0.15, 0.2) is 0 Å². The summed E-state index contributed by atoms with van der Waals surface area (Å²) in [5.74, 6) is 0.615. The van der Waals surface area contributed by atoms with Gasteiger partial charge in [-0.25, -0.2) is 0 Å². The predicted molar refractivity (Wildman–Crippen MR) is 80.9 cm³/mol. The first kappa shape index (κ1) is 13.1. The van der Waals surface area contributed by atoms with Gasteiger partial charge in [-0.15, -0.1) is 0 Å². The second kappa shape index (κ2) is 4.89. The molecule has 2 N–H and O–H groups in total. The van der Waals surface area contributed by atoms with E-state index in [4.69, 9.17) is 5.73 Å². The molecule has 0 bridgehead atoms. The van der Waals surface area contributed by atoms with Gasteiger partial charge in [0.05, 0.1) is 5.52 Å². The monoisotopic (exact) mass is 322 g/mol. The van der Waals surface area contributed by atoms with E-state index in [2.05, 4.69) is 51.2 Å². The molecule has 2 heterocycles. The number of benzene rings is 1. The largest absolute Gasteiger partial charge is 0.330 e. The van der Waals surface area contributed by atoms with Gasteiger partial charge in [-0.2, -0.15) is 5.10 Å². The van der Waals surface area contributed by atoms with Crippen molar-refractivity contribution < 1.29 is 0 Å². The van der Waals surface area contributed by atoms with Crippen LogP contribution >= 0.6 is 15.9 Å². The lowest BCUT2D eigenvalue weighted by Crippen LogP contribution is -2.20. The highest BCUT2D eigenvalue weighted by atomic mass is 79.9. The first-order valence-corrected chi connectivity index (χ1v) is 7.42. The van der Waals surface area contributed by atoms with E-state index in [-0.39, 0.29) is 0 Å². The molecule has 1 fully saturated rings. The van der Waals surface area contributed by atoms with E-state index >= 15 is 0 Å². The highest BCUT2D eigenvalue weighted by Gasteiger charge is 2.29. The van der Waals surface area contributed by atoms with Crippen molar-refractivity contribution in [2.24, 2.45) is 18.7 Å². The normalized spacial score (nSPS) is 24.4. The standard InChI is InChI=1S/C14H19BrN4/c1-18-8-9(7-16)5-12(18)10-3-4-11-13(6-10)19(2)17-14(11)15/h3-4,6,9,12H,5,7-8,16H2,1-2H3. The molecule has 19 heavy (non-hydrogen) atoms. The molecule has 0 radical (unpaired) electrons. The van der Waals surface area contributed by atoms with Gasteiger partial charge in [-0.3, -0.25) is 9.58 Å². The van der Waals surface area contributed by atoms with Crippen LogP contribution in [-0.4, -0.2) is 34.8 Å². The predicted octanol–water partition coefficient (Wildman–Crippen LogP) is 2.29. The van der Waals surface area contributed by atoms with Gasteiger partial charge in [0.1, 0.15) is 4.60 Å². The topological polar surface area (TPSA) is 47.1 Å². The minimum atomic E-state index is 0.478. The SMILES string of the molecule is CN1CC(CN)CC1c1ccc2c(Br)nn(C)c2c1. The molecule has 2 atom stereocenters. The lowest BCUT2D eigenvalue weighted by atomic mass is 9.99. The van der Waals surface area contributed by atoms with Crippen LogP contribution in [0.1, 0.15) is 18.0 Å². The average molecular weight is 323 g/mol. The fourth-order valence-electron chi connectivity index (χ4n) is 3.10. The molecule has 3 rings (SSSR count). The second-order valence-corrected chi connectivity index (χ2v) is 6.23. The minimum Gasteiger partial charge on any atom is -0.330 e. The van der Waals surface area contributed by atoms with Crippen LogP contribution in [0.15, 0.2) is 22.8 Å². The van der Waals surface area contributed by atoms with Crippen molar-refractivity contribution in [3.8, 4) is 0 Å². The van der Waals surface area contributed by atoms with Crippen LogP contribution in [0.25, 0.3) is 10.9 Å². The molecule has 0 aliphatic carbocycles. The fourth-order valence-corrected chi connectivity index (χ4v) is 3.68. The number of nitrogens with two attached hydrogens (primary N) is 1. The van der Waals surface area contributed by atoms with Gasteiger partial charge < -0.3 is 5.73 Å². The Morgan fingerprint density at radius 3 is 2.89 bits per heavy atom. The van der Waals surface area contributed by atoms with Crippen LogP contribution in [0.4, 0.5) is 0 Å². The fraction of sp³-hybridized carbons (Fsp3) is 0.500. The van der Waals surface area contributed by atoms with Crippen molar-refractivity contribution >= 4 is 26.8 Å². The summed E-state index contributed by atoms with van der Waals surface area (Å²) in [6.45, 7) is 1.87. The number of nitrogens with zero attached hydrogens (tertiary/aromatic N) is 3. The molecule has 5 heteroatoms. The quantitative estimate of drug-likeness (QED) is 0.922. The Morgan fingerprint density at radius 1 is 1.42 bits per heavy atom. The van der Waals surface area contributed by atoms with Gasteiger partial charge in [-0.05, 0) is 59.6 Å².